The third-order valence-electron chi connectivity index (χ3n) is 4.21. The van der Waals surface area contributed by atoms with Crippen molar-refractivity contribution in [2.24, 2.45) is 0 Å². The number of nitrogens with one attached hydrogen (secondary N) is 1. The minimum atomic E-state index is -0.851. The van der Waals surface area contributed by atoms with E-state index >= 15 is 0 Å². The molecule has 2 amide bonds. The van der Waals surface area contributed by atoms with Crippen LogP contribution in [0.25, 0.3) is 11.1 Å². The first-order valence-electron chi connectivity index (χ1n) is 8.39. The summed E-state index contributed by atoms with van der Waals surface area (Å²) >= 11 is 0. The largest absolute Gasteiger partial charge is 0.481 e. The smallest absolute Gasteiger partial charge is 0.317 e. The number of carbonyl (C=O) groups is 2. The number of benzene rings is 1. The minimum absolute atomic E-state index is 0.0608. The van der Waals surface area contributed by atoms with E-state index in [0.717, 1.165) is 16.7 Å². The molecule has 1 aromatic carbocycles. The Hall–Kier alpha value is -2.77. The summed E-state index contributed by atoms with van der Waals surface area (Å²) < 4.78 is 5.80. The van der Waals surface area contributed by atoms with E-state index in [1.165, 1.54) is 0 Å². The highest BCUT2D eigenvalue weighted by molar-refractivity contribution is 5.76. The molecule has 25 heavy (non-hydrogen) atoms. The van der Waals surface area contributed by atoms with Gasteiger partial charge in [-0.25, -0.2) is 4.79 Å². The molecule has 2 heterocycles. The number of aliphatic carboxylic acids is 1. The quantitative estimate of drug-likeness (QED) is 0.802. The Kier molecular flexibility index (Phi) is 5.06. The summed E-state index contributed by atoms with van der Waals surface area (Å²) in [6.07, 6.45) is 0.495. The maximum atomic E-state index is 12.1. The Balaban J connectivity index is 1.50. The summed E-state index contributed by atoms with van der Waals surface area (Å²) in [6.45, 7) is 4.82. The van der Waals surface area contributed by atoms with Crippen LogP contribution in [-0.4, -0.2) is 59.7 Å². The van der Waals surface area contributed by atoms with E-state index in [2.05, 4.69) is 10.3 Å². The van der Waals surface area contributed by atoms with E-state index in [-0.39, 0.29) is 12.5 Å². The number of fused-ring (bicyclic) bond motifs is 1. The normalized spacial score (nSPS) is 14.8. The molecule has 8 nitrogen and oxygen atoms in total. The fourth-order valence-electron chi connectivity index (χ4n) is 2.81. The van der Waals surface area contributed by atoms with E-state index in [9.17, 15) is 9.59 Å². The Morgan fingerprint density at radius 1 is 1.28 bits per heavy atom. The number of carboxylic acid groups (broad SMARTS) is 1. The highest BCUT2D eigenvalue weighted by Gasteiger charge is 2.23. The van der Waals surface area contributed by atoms with E-state index < -0.39 is 5.97 Å². The second-order valence-electron chi connectivity index (χ2n) is 6.17. The molecule has 1 aromatic heterocycles. The molecule has 134 valence electrons. The van der Waals surface area contributed by atoms with Crippen molar-refractivity contribution in [1.29, 1.82) is 0 Å². The van der Waals surface area contributed by atoms with Gasteiger partial charge in [-0.15, -0.1) is 0 Å². The Morgan fingerprint density at radius 2 is 2.04 bits per heavy atom. The van der Waals surface area contributed by atoms with Gasteiger partial charge in [0, 0.05) is 39.1 Å². The highest BCUT2D eigenvalue weighted by Crippen LogP contribution is 2.23. The van der Waals surface area contributed by atoms with Gasteiger partial charge in [0.2, 0.25) is 0 Å². The molecule has 2 aromatic rings. The van der Waals surface area contributed by atoms with Crippen molar-refractivity contribution in [2.75, 3.05) is 37.6 Å². The zero-order valence-corrected chi connectivity index (χ0v) is 14.2. The summed E-state index contributed by atoms with van der Waals surface area (Å²) in [6, 6.07) is 6.33. The summed E-state index contributed by atoms with van der Waals surface area (Å²) in [5.41, 5.74) is 2.74. The molecular weight excluding hydrogens is 324 g/mol. The van der Waals surface area contributed by atoms with Crippen LogP contribution in [0.1, 0.15) is 18.4 Å². The lowest BCUT2D eigenvalue weighted by molar-refractivity contribution is -0.137. The van der Waals surface area contributed by atoms with Crippen LogP contribution < -0.4 is 10.2 Å². The molecule has 0 spiro atoms. The lowest BCUT2D eigenvalue weighted by atomic mass is 10.2. The number of hydrogen-bond donors (Lipinski definition) is 2. The average molecular weight is 346 g/mol. The Morgan fingerprint density at radius 3 is 2.76 bits per heavy atom. The zero-order valence-electron chi connectivity index (χ0n) is 14.2. The first-order valence-corrected chi connectivity index (χ1v) is 8.39. The number of urea groups is 1. The van der Waals surface area contributed by atoms with Crippen LogP contribution in [0, 0.1) is 6.92 Å². The molecule has 1 aliphatic rings. The zero-order chi connectivity index (χ0) is 17.8. The van der Waals surface area contributed by atoms with Crippen LogP contribution in [-0.2, 0) is 4.79 Å². The van der Waals surface area contributed by atoms with Crippen LogP contribution in [0.4, 0.5) is 10.8 Å². The number of hydrogen-bond acceptors (Lipinski definition) is 5. The maximum Gasteiger partial charge on any atom is 0.317 e. The first-order chi connectivity index (χ1) is 12.0. The van der Waals surface area contributed by atoms with Gasteiger partial charge >= 0.3 is 12.0 Å². The van der Waals surface area contributed by atoms with E-state index in [1.807, 2.05) is 30.0 Å². The van der Waals surface area contributed by atoms with Crippen molar-refractivity contribution in [3.63, 3.8) is 0 Å². The van der Waals surface area contributed by atoms with E-state index in [0.29, 0.717) is 45.2 Å². The van der Waals surface area contributed by atoms with Gasteiger partial charge in [0.05, 0.1) is 0 Å². The summed E-state index contributed by atoms with van der Waals surface area (Å²) in [5.74, 6) is -0.851. The van der Waals surface area contributed by atoms with Gasteiger partial charge in [-0.05, 0) is 31.0 Å². The van der Waals surface area contributed by atoms with Gasteiger partial charge in [-0.1, -0.05) is 6.07 Å². The molecule has 0 radical (unpaired) electrons. The van der Waals surface area contributed by atoms with Gasteiger partial charge in [-0.3, -0.25) is 4.79 Å². The topological polar surface area (TPSA) is 98.9 Å². The molecule has 0 atom stereocenters. The second-order valence-corrected chi connectivity index (χ2v) is 6.17. The number of anilines is 1. The number of rotatable bonds is 5. The number of aromatic nitrogens is 1. The molecule has 2 N–H and O–H groups in total. The number of nitrogens with zero attached hydrogens (tertiary/aromatic N) is 3. The van der Waals surface area contributed by atoms with Crippen LogP contribution >= 0.6 is 0 Å². The van der Waals surface area contributed by atoms with Crippen molar-refractivity contribution in [3.05, 3.63) is 23.8 Å². The van der Waals surface area contributed by atoms with Gasteiger partial charge in [0.15, 0.2) is 5.58 Å². The minimum Gasteiger partial charge on any atom is -0.481 e. The van der Waals surface area contributed by atoms with Gasteiger partial charge in [0.1, 0.15) is 5.52 Å². The molecule has 0 bridgehead atoms. The standard InChI is InChI=1S/C17H22N4O4/c1-12-4-5-14-13(11-12)19-17(25-14)21-9-7-20(8-10-21)16(24)18-6-2-3-15(22)23/h4-5,11H,2-3,6-10H2,1H3,(H,18,24)(H,22,23). The lowest BCUT2D eigenvalue weighted by Crippen LogP contribution is -2.52. The Labute approximate surface area is 145 Å². The maximum absolute atomic E-state index is 12.1. The van der Waals surface area contributed by atoms with Gasteiger partial charge in [0.25, 0.3) is 6.01 Å². The van der Waals surface area contributed by atoms with Crippen molar-refractivity contribution in [2.45, 2.75) is 19.8 Å². The third-order valence-corrected chi connectivity index (χ3v) is 4.21. The fraction of sp³-hybridized carbons (Fsp3) is 0.471. The number of piperazine rings is 1. The molecule has 1 aliphatic heterocycles. The van der Waals surface area contributed by atoms with Crippen LogP contribution in [0.3, 0.4) is 0 Å². The van der Waals surface area contributed by atoms with Crippen LogP contribution in [0.2, 0.25) is 0 Å². The Bertz CT molecular complexity index is 765. The highest BCUT2D eigenvalue weighted by atomic mass is 16.4. The molecule has 1 fully saturated rings. The average Bonchev–Trinajstić information content (AvgIpc) is 3.01. The molecule has 1 saturated heterocycles. The predicted molar refractivity (Wildman–Crippen MR) is 92.8 cm³/mol. The molecule has 8 heteroatoms. The molecule has 0 aliphatic carbocycles. The molecule has 3 rings (SSSR count). The van der Waals surface area contributed by atoms with Gasteiger partial charge in [-0.2, -0.15) is 4.98 Å². The van der Waals surface area contributed by atoms with Gasteiger partial charge < -0.3 is 24.6 Å². The second kappa shape index (κ2) is 7.42. The molecule has 0 unspecified atom stereocenters. The molecule has 0 saturated carbocycles. The molecular formula is C17H22N4O4. The monoisotopic (exact) mass is 346 g/mol. The number of oxazole rings is 1. The number of aryl methyl sites for hydroxylation is 1. The number of amides is 2. The summed E-state index contributed by atoms with van der Waals surface area (Å²) in [5, 5.41) is 11.3. The number of carbonyl (C=O) groups excluding carboxylic acids is 1. The lowest BCUT2D eigenvalue weighted by Gasteiger charge is -2.33. The van der Waals surface area contributed by atoms with E-state index in [4.69, 9.17) is 9.52 Å². The van der Waals surface area contributed by atoms with Crippen molar-refractivity contribution in [3.8, 4) is 0 Å². The SMILES string of the molecule is Cc1ccc2oc(N3CCN(C(=O)NCCCC(=O)O)CC3)nc2c1. The predicted octanol–water partition coefficient (Wildman–Crippen LogP) is 1.83. The third kappa shape index (κ3) is 4.20. The van der Waals surface area contributed by atoms with Crippen LogP contribution in [0.15, 0.2) is 22.6 Å². The van der Waals surface area contributed by atoms with Crippen molar-refractivity contribution in [1.82, 2.24) is 15.2 Å². The van der Waals surface area contributed by atoms with Crippen LogP contribution in [0.5, 0.6) is 0 Å². The van der Waals surface area contributed by atoms with E-state index in [1.54, 1.807) is 4.90 Å². The van der Waals surface area contributed by atoms with Crippen molar-refractivity contribution >= 4 is 29.1 Å². The summed E-state index contributed by atoms with van der Waals surface area (Å²) in [4.78, 5) is 30.8. The van der Waals surface area contributed by atoms with Crippen molar-refractivity contribution < 1.29 is 19.1 Å². The summed E-state index contributed by atoms with van der Waals surface area (Å²) in [7, 11) is 0. The number of carboxylic acids is 1. The first kappa shape index (κ1) is 17.1. The fourth-order valence-corrected chi connectivity index (χ4v) is 2.81.